The lowest BCUT2D eigenvalue weighted by atomic mass is 10.0. The largest absolute Gasteiger partial charge is 0.354 e. The van der Waals surface area contributed by atoms with Crippen molar-refractivity contribution in [3.05, 3.63) is 72.3 Å². The van der Waals surface area contributed by atoms with Crippen molar-refractivity contribution in [3.8, 4) is 34.0 Å². The molecule has 31 heavy (non-hydrogen) atoms. The van der Waals surface area contributed by atoms with Crippen LogP contribution in [-0.2, 0) is 14.6 Å². The van der Waals surface area contributed by atoms with Crippen LogP contribution in [-0.4, -0.2) is 34.8 Å². The summed E-state index contributed by atoms with van der Waals surface area (Å²) in [5.74, 6) is 0.511. The molecule has 8 heteroatoms. The molecule has 0 aliphatic carbocycles. The Morgan fingerprint density at radius 2 is 1.71 bits per heavy atom. The molecule has 0 atom stereocenters. The van der Waals surface area contributed by atoms with Gasteiger partial charge >= 0.3 is 0 Å². The third-order valence-corrected chi connectivity index (χ3v) is 7.43. The van der Waals surface area contributed by atoms with E-state index < -0.39 is 14.6 Å². The summed E-state index contributed by atoms with van der Waals surface area (Å²) in [5.41, 5.74) is 4.69. The Labute approximate surface area is 182 Å². The Hall–Kier alpha value is -3.39. The predicted molar refractivity (Wildman–Crippen MR) is 121 cm³/mol. The van der Waals surface area contributed by atoms with Crippen molar-refractivity contribution in [3.63, 3.8) is 0 Å². The molecule has 0 aliphatic rings. The Kier molecular flexibility index (Phi) is 5.18. The normalized spacial score (nSPS) is 12.1. The number of pyridine rings is 1. The van der Waals surface area contributed by atoms with Crippen LogP contribution in [0, 0.1) is 6.92 Å². The molecule has 0 N–H and O–H groups in total. The molecule has 4 aromatic rings. The summed E-state index contributed by atoms with van der Waals surface area (Å²) < 4.78 is 28.9. The van der Waals surface area contributed by atoms with Gasteiger partial charge in [0.25, 0.3) is 0 Å². The smallest absolute Gasteiger partial charge is 0.187 e. The van der Waals surface area contributed by atoms with Crippen molar-refractivity contribution in [2.24, 2.45) is 0 Å². The highest BCUT2D eigenvalue weighted by atomic mass is 32.2. The van der Waals surface area contributed by atoms with Gasteiger partial charge in [-0.05, 0) is 32.9 Å². The van der Waals surface area contributed by atoms with Gasteiger partial charge in [-0.15, -0.1) is 0 Å². The lowest BCUT2D eigenvalue weighted by Gasteiger charge is -2.22. The van der Waals surface area contributed by atoms with Crippen molar-refractivity contribution in [1.29, 1.82) is 0 Å². The van der Waals surface area contributed by atoms with Gasteiger partial charge in [-0.3, -0.25) is 9.97 Å². The zero-order valence-corrected chi connectivity index (χ0v) is 18.5. The molecule has 160 valence electrons. The molecule has 0 fully saturated rings. The Bertz CT molecular complexity index is 1350. The Morgan fingerprint density at radius 1 is 0.968 bits per heavy atom. The predicted octanol–water partition coefficient (Wildman–Crippen LogP) is 4.69. The summed E-state index contributed by atoms with van der Waals surface area (Å²) in [5, 5.41) is 4.16. The number of rotatable bonds is 5. The van der Waals surface area contributed by atoms with Crippen LogP contribution in [0.1, 0.15) is 26.7 Å². The monoisotopic (exact) mass is 436 g/mol. The van der Waals surface area contributed by atoms with Gasteiger partial charge < -0.3 is 4.52 Å². The number of aromatic nitrogens is 4. The molecule has 0 saturated carbocycles. The van der Waals surface area contributed by atoms with Crippen molar-refractivity contribution in [2.75, 3.05) is 6.26 Å². The van der Waals surface area contributed by atoms with Gasteiger partial charge in [0.15, 0.2) is 15.6 Å². The lowest BCUT2D eigenvalue weighted by Crippen LogP contribution is -2.29. The highest BCUT2D eigenvalue weighted by Gasteiger charge is 2.34. The number of benzene rings is 1. The first-order valence-electron chi connectivity index (χ1n) is 9.69. The molecule has 7 nitrogen and oxygen atoms in total. The number of hydrogen-bond donors (Lipinski definition) is 0. The van der Waals surface area contributed by atoms with Crippen molar-refractivity contribution in [1.82, 2.24) is 20.1 Å². The van der Waals surface area contributed by atoms with E-state index in [0.717, 1.165) is 11.1 Å². The molecule has 1 aromatic carbocycles. The fourth-order valence-corrected chi connectivity index (χ4v) is 3.55. The maximum Gasteiger partial charge on any atom is 0.187 e. The molecule has 0 unspecified atom stereocenters. The van der Waals surface area contributed by atoms with Gasteiger partial charge in [0, 0.05) is 31.1 Å². The van der Waals surface area contributed by atoms with Crippen LogP contribution >= 0.6 is 0 Å². The fourth-order valence-electron chi connectivity index (χ4n) is 3.06. The number of hydrogen-bond acceptors (Lipinski definition) is 7. The summed E-state index contributed by atoms with van der Waals surface area (Å²) in [4.78, 5) is 13.5. The van der Waals surface area contributed by atoms with Crippen LogP contribution in [0.2, 0.25) is 0 Å². The van der Waals surface area contributed by atoms with E-state index in [1.165, 1.54) is 6.26 Å². The van der Waals surface area contributed by atoms with Crippen LogP contribution in [0.25, 0.3) is 34.0 Å². The van der Waals surface area contributed by atoms with Crippen LogP contribution in [0.5, 0.6) is 0 Å². The highest BCUT2D eigenvalue weighted by Crippen LogP contribution is 2.31. The van der Waals surface area contributed by atoms with Crippen LogP contribution in [0.4, 0.5) is 0 Å². The molecule has 0 saturated heterocycles. The van der Waals surface area contributed by atoms with Gasteiger partial charge in [-0.1, -0.05) is 35.5 Å². The molecule has 3 heterocycles. The zero-order chi connectivity index (χ0) is 22.2. The highest BCUT2D eigenvalue weighted by molar-refractivity contribution is 7.91. The minimum atomic E-state index is -3.36. The summed E-state index contributed by atoms with van der Waals surface area (Å²) in [7, 11) is -3.36. The van der Waals surface area contributed by atoms with Crippen LogP contribution in [0.3, 0.4) is 0 Å². The Morgan fingerprint density at radius 3 is 2.42 bits per heavy atom. The van der Waals surface area contributed by atoms with Crippen molar-refractivity contribution >= 4 is 9.84 Å². The maximum atomic E-state index is 12.2. The van der Waals surface area contributed by atoms with E-state index in [1.807, 2.05) is 43.3 Å². The molecule has 0 aliphatic heterocycles. The number of sulfone groups is 1. The molecular weight excluding hydrogens is 412 g/mol. The summed E-state index contributed by atoms with van der Waals surface area (Å²) in [6.07, 6.45) is 4.44. The molecule has 0 spiro atoms. The fraction of sp³-hybridized carbons (Fsp3) is 0.217. The van der Waals surface area contributed by atoms with Crippen molar-refractivity contribution < 1.29 is 14.4 Å². The van der Waals surface area contributed by atoms with E-state index in [-0.39, 0.29) is 1.43 Å². The minimum Gasteiger partial charge on any atom is -0.354 e. The molecule has 0 amide bonds. The van der Waals surface area contributed by atoms with Crippen molar-refractivity contribution in [2.45, 2.75) is 25.5 Å². The third kappa shape index (κ3) is 3.98. The van der Waals surface area contributed by atoms with E-state index in [4.69, 9.17) is 9.51 Å². The third-order valence-electron chi connectivity index (χ3n) is 5.37. The number of aryl methyl sites for hydroxylation is 1. The molecule has 3 aromatic heterocycles. The first kappa shape index (κ1) is 20.9. The first-order chi connectivity index (χ1) is 14.7. The second kappa shape index (κ2) is 7.70. The van der Waals surface area contributed by atoms with E-state index in [2.05, 4.69) is 15.1 Å². The SMILES string of the molecule is Cc1ncc(-c2ccnc(C(C)(C)S(C)(=O)=O)c2)nc1-c1cc(-c2ccccc2)no1.[HH]. The molecular formula is C23H24N4O3S. The average molecular weight is 437 g/mol. The van der Waals surface area contributed by atoms with Gasteiger partial charge in [0.1, 0.15) is 16.1 Å². The topological polar surface area (TPSA) is 98.8 Å². The Balaban J connectivity index is 0.00000289. The lowest BCUT2D eigenvalue weighted by molar-refractivity contribution is 0.433. The van der Waals surface area contributed by atoms with E-state index >= 15 is 0 Å². The molecule has 0 bridgehead atoms. The quantitative estimate of drug-likeness (QED) is 0.447. The van der Waals surface area contributed by atoms with E-state index in [0.29, 0.717) is 34.2 Å². The summed E-state index contributed by atoms with van der Waals surface area (Å²) in [6.45, 7) is 5.13. The van der Waals surface area contributed by atoms with E-state index in [9.17, 15) is 8.42 Å². The summed E-state index contributed by atoms with van der Waals surface area (Å²) in [6, 6.07) is 15.1. The van der Waals surface area contributed by atoms with Gasteiger partial charge in [0.2, 0.25) is 0 Å². The van der Waals surface area contributed by atoms with Gasteiger partial charge in [-0.2, -0.15) is 0 Å². The maximum absolute atomic E-state index is 12.2. The van der Waals surface area contributed by atoms with E-state index in [1.54, 1.807) is 38.4 Å². The van der Waals surface area contributed by atoms with Gasteiger partial charge in [-0.25, -0.2) is 13.4 Å². The second-order valence-corrected chi connectivity index (χ2v) is 10.4. The first-order valence-corrected chi connectivity index (χ1v) is 11.6. The second-order valence-electron chi connectivity index (χ2n) is 7.84. The molecule has 0 radical (unpaired) electrons. The zero-order valence-electron chi connectivity index (χ0n) is 17.7. The average Bonchev–Trinajstić information content (AvgIpc) is 3.24. The standard InChI is InChI=1S/C23H22N4O3S.H2/c1-15-22(20-13-18(27-30-20)16-8-6-5-7-9-16)26-19(14-25-15)17-10-11-24-21(12-17)23(2,3)31(4,28)29;/h5-14H,1-4H3;1H. The van der Waals surface area contributed by atoms with Crippen LogP contribution in [0.15, 0.2) is 65.4 Å². The van der Waals surface area contributed by atoms with Crippen LogP contribution < -0.4 is 0 Å². The number of nitrogens with zero attached hydrogens (tertiary/aromatic N) is 4. The summed E-state index contributed by atoms with van der Waals surface area (Å²) >= 11 is 0. The minimum absolute atomic E-state index is 0. The molecule has 4 rings (SSSR count). The van der Waals surface area contributed by atoms with Gasteiger partial charge in [0.05, 0.1) is 23.3 Å².